The molecule has 11 heteroatoms. The number of carbonyl (C=O) groups excluding carboxylic acids is 2. The number of hydrogen-bond donors (Lipinski definition) is 2. The predicted molar refractivity (Wildman–Crippen MR) is 139 cm³/mol. The highest BCUT2D eigenvalue weighted by Crippen LogP contribution is 2.33. The molecule has 1 aliphatic rings. The smallest absolute Gasteiger partial charge is 0.408 e. The number of rotatable bonds is 9. The van der Waals surface area contributed by atoms with Gasteiger partial charge >= 0.3 is 12.1 Å². The monoisotopic (exact) mass is 548 g/mol. The number of methoxy groups -OCH3 is 1. The van der Waals surface area contributed by atoms with Gasteiger partial charge in [-0.2, -0.15) is 0 Å². The molecule has 1 heterocycles. The number of carbonyl (C=O) groups is 3. The summed E-state index contributed by atoms with van der Waals surface area (Å²) in [6.45, 7) is 6.09. The van der Waals surface area contributed by atoms with E-state index in [4.69, 9.17) is 14.2 Å². The van der Waals surface area contributed by atoms with Crippen molar-refractivity contribution >= 4 is 18.0 Å². The van der Waals surface area contributed by atoms with Crippen LogP contribution in [0.4, 0.5) is 13.6 Å². The molecular weight excluding hydrogens is 514 g/mol. The molecule has 1 saturated heterocycles. The van der Waals surface area contributed by atoms with Crippen molar-refractivity contribution in [3.05, 3.63) is 48.0 Å². The zero-order valence-electron chi connectivity index (χ0n) is 22.5. The van der Waals surface area contributed by atoms with Crippen LogP contribution in [0.1, 0.15) is 40.0 Å². The SMILES string of the molecule is COc1cc(F)c(F)cc1-c1ccc(OCC2CCCN(C(=O)[C@H](CC(=O)O)NC(=O)OC(C)(C)C)C2)cc1. The van der Waals surface area contributed by atoms with Crippen molar-refractivity contribution in [2.24, 2.45) is 5.92 Å². The van der Waals surface area contributed by atoms with E-state index < -0.39 is 47.7 Å². The number of alkyl carbamates (subject to hydrolysis) is 1. The van der Waals surface area contributed by atoms with Crippen LogP contribution in [0.2, 0.25) is 0 Å². The second-order valence-corrected chi connectivity index (χ2v) is 10.4. The van der Waals surface area contributed by atoms with Crippen LogP contribution in [0, 0.1) is 17.6 Å². The van der Waals surface area contributed by atoms with Crippen molar-refractivity contribution in [2.45, 2.75) is 51.7 Å². The number of benzene rings is 2. The summed E-state index contributed by atoms with van der Waals surface area (Å²) in [5.41, 5.74) is 0.225. The van der Waals surface area contributed by atoms with Gasteiger partial charge in [-0.05, 0) is 57.4 Å². The average molecular weight is 549 g/mol. The first kappa shape index (κ1) is 29.7. The van der Waals surface area contributed by atoms with E-state index in [1.807, 2.05) is 0 Å². The van der Waals surface area contributed by atoms with Gasteiger partial charge in [0.25, 0.3) is 0 Å². The maximum absolute atomic E-state index is 13.8. The van der Waals surface area contributed by atoms with Crippen LogP contribution in [0.15, 0.2) is 36.4 Å². The van der Waals surface area contributed by atoms with Gasteiger partial charge in [-0.3, -0.25) is 9.59 Å². The predicted octanol–water partition coefficient (Wildman–Crippen LogP) is 4.63. The van der Waals surface area contributed by atoms with Crippen LogP contribution < -0.4 is 14.8 Å². The van der Waals surface area contributed by atoms with Crippen LogP contribution in [0.25, 0.3) is 11.1 Å². The first-order valence-corrected chi connectivity index (χ1v) is 12.6. The van der Waals surface area contributed by atoms with Crippen molar-refractivity contribution < 1.29 is 42.5 Å². The molecule has 212 valence electrons. The van der Waals surface area contributed by atoms with Gasteiger partial charge in [-0.25, -0.2) is 13.6 Å². The number of likely N-dealkylation sites (tertiary alicyclic amines) is 1. The Morgan fingerprint density at radius 1 is 1.13 bits per heavy atom. The fraction of sp³-hybridized carbons (Fsp3) is 0.464. The largest absolute Gasteiger partial charge is 0.496 e. The summed E-state index contributed by atoms with van der Waals surface area (Å²) in [5, 5.41) is 11.7. The number of hydrogen-bond acceptors (Lipinski definition) is 6. The van der Waals surface area contributed by atoms with Crippen molar-refractivity contribution in [3.63, 3.8) is 0 Å². The lowest BCUT2D eigenvalue weighted by molar-refractivity contribution is -0.143. The van der Waals surface area contributed by atoms with Gasteiger partial charge in [0.1, 0.15) is 23.1 Å². The molecule has 0 spiro atoms. The Kier molecular flexibility index (Phi) is 9.71. The topological polar surface area (TPSA) is 114 Å². The summed E-state index contributed by atoms with van der Waals surface area (Å²) in [6, 6.07) is 7.64. The second kappa shape index (κ2) is 12.8. The van der Waals surface area contributed by atoms with Gasteiger partial charge < -0.3 is 29.5 Å². The first-order chi connectivity index (χ1) is 18.4. The highest BCUT2D eigenvalue weighted by Gasteiger charge is 2.32. The zero-order chi connectivity index (χ0) is 28.7. The van der Waals surface area contributed by atoms with Gasteiger partial charge in [-0.15, -0.1) is 0 Å². The summed E-state index contributed by atoms with van der Waals surface area (Å²) in [6.07, 6.45) is 0.0753. The number of aliphatic carboxylic acids is 1. The van der Waals surface area contributed by atoms with E-state index in [0.717, 1.165) is 18.6 Å². The minimum atomic E-state index is -1.25. The number of carboxylic acids is 1. The van der Waals surface area contributed by atoms with Crippen LogP contribution in [0.3, 0.4) is 0 Å². The van der Waals surface area contributed by atoms with Crippen LogP contribution in [0.5, 0.6) is 11.5 Å². The summed E-state index contributed by atoms with van der Waals surface area (Å²) in [4.78, 5) is 38.2. The normalized spacial score (nSPS) is 16.3. The number of nitrogens with one attached hydrogen (secondary N) is 1. The van der Waals surface area contributed by atoms with Crippen LogP contribution in [-0.2, 0) is 14.3 Å². The summed E-state index contributed by atoms with van der Waals surface area (Å²) in [7, 11) is 1.38. The molecule has 0 radical (unpaired) electrons. The molecule has 2 N–H and O–H groups in total. The molecule has 1 fully saturated rings. The lowest BCUT2D eigenvalue weighted by atomic mass is 9.98. The van der Waals surface area contributed by atoms with Gasteiger partial charge in [0, 0.05) is 30.6 Å². The Bertz CT molecular complexity index is 1180. The molecule has 0 aromatic heterocycles. The van der Waals surface area contributed by atoms with Crippen molar-refractivity contribution in [1.29, 1.82) is 0 Å². The fourth-order valence-corrected chi connectivity index (χ4v) is 4.31. The number of carboxylic acid groups (broad SMARTS) is 1. The van der Waals surface area contributed by atoms with E-state index in [2.05, 4.69) is 5.32 Å². The van der Waals surface area contributed by atoms with Gasteiger partial charge in [0.05, 0.1) is 20.1 Å². The molecule has 0 aliphatic carbocycles. The first-order valence-electron chi connectivity index (χ1n) is 12.6. The Hall–Kier alpha value is -3.89. The van der Waals surface area contributed by atoms with E-state index >= 15 is 0 Å². The zero-order valence-corrected chi connectivity index (χ0v) is 22.5. The third-order valence-corrected chi connectivity index (χ3v) is 6.09. The molecule has 2 amide bonds. The van der Waals surface area contributed by atoms with Crippen LogP contribution >= 0.6 is 0 Å². The Morgan fingerprint density at radius 2 is 1.79 bits per heavy atom. The van der Waals surface area contributed by atoms with Gasteiger partial charge in [0.2, 0.25) is 5.91 Å². The highest BCUT2D eigenvalue weighted by atomic mass is 19.2. The molecule has 0 bridgehead atoms. The molecule has 0 saturated carbocycles. The molecule has 3 rings (SSSR count). The van der Waals surface area contributed by atoms with Crippen molar-refractivity contribution in [3.8, 4) is 22.6 Å². The minimum absolute atomic E-state index is 0.0133. The number of piperidine rings is 1. The minimum Gasteiger partial charge on any atom is -0.496 e. The maximum atomic E-state index is 13.8. The Labute approximate surface area is 226 Å². The molecule has 1 aliphatic heterocycles. The summed E-state index contributed by atoms with van der Waals surface area (Å²) < 4.78 is 43.6. The Morgan fingerprint density at radius 3 is 2.41 bits per heavy atom. The summed E-state index contributed by atoms with van der Waals surface area (Å²) >= 11 is 0. The second-order valence-electron chi connectivity index (χ2n) is 10.4. The fourth-order valence-electron chi connectivity index (χ4n) is 4.31. The number of halogens is 2. The van der Waals surface area contributed by atoms with Crippen molar-refractivity contribution in [2.75, 3.05) is 26.8 Å². The Balaban J connectivity index is 1.60. The maximum Gasteiger partial charge on any atom is 0.408 e. The molecule has 1 unspecified atom stereocenters. The van der Waals surface area contributed by atoms with E-state index in [1.54, 1.807) is 49.9 Å². The molecule has 2 aromatic rings. The summed E-state index contributed by atoms with van der Waals surface area (Å²) in [5.74, 6) is -2.93. The average Bonchev–Trinajstić information content (AvgIpc) is 2.87. The standard InChI is InChI=1S/C28H34F2N2O7/c1-28(2,3)39-27(36)31-23(14-25(33)34)26(35)32-11-5-6-17(15-32)16-38-19-9-7-18(8-10-19)20-12-21(29)22(30)13-24(20)37-4/h7-10,12-13,17,23H,5-6,11,14-16H2,1-4H3,(H,31,36)(H,33,34)/t17?,23-/m0/s1. The van der Waals surface area contributed by atoms with E-state index in [9.17, 15) is 28.3 Å². The van der Waals surface area contributed by atoms with Gasteiger partial charge in [0.15, 0.2) is 11.6 Å². The van der Waals surface area contributed by atoms with E-state index in [-0.39, 0.29) is 11.7 Å². The third-order valence-electron chi connectivity index (χ3n) is 6.09. The molecule has 9 nitrogen and oxygen atoms in total. The third kappa shape index (κ3) is 8.56. The molecule has 2 atom stereocenters. The number of nitrogens with zero attached hydrogens (tertiary/aromatic N) is 1. The molecular formula is C28H34F2N2O7. The number of amides is 2. The quantitative estimate of drug-likeness (QED) is 0.470. The highest BCUT2D eigenvalue weighted by molar-refractivity contribution is 5.89. The number of ether oxygens (including phenoxy) is 3. The van der Waals surface area contributed by atoms with E-state index in [1.165, 1.54) is 7.11 Å². The molecule has 2 aromatic carbocycles. The lowest BCUT2D eigenvalue weighted by Crippen LogP contribution is -2.53. The molecule has 39 heavy (non-hydrogen) atoms. The lowest BCUT2D eigenvalue weighted by Gasteiger charge is -2.35. The van der Waals surface area contributed by atoms with E-state index in [0.29, 0.717) is 43.0 Å². The van der Waals surface area contributed by atoms with Gasteiger partial charge in [-0.1, -0.05) is 12.1 Å². The van der Waals surface area contributed by atoms with Crippen molar-refractivity contribution in [1.82, 2.24) is 10.2 Å². The van der Waals surface area contributed by atoms with Crippen LogP contribution in [-0.4, -0.2) is 66.4 Å².